The average molecular weight is 317 g/mol. The van der Waals surface area contributed by atoms with Gasteiger partial charge in [-0.3, -0.25) is 9.48 Å². The van der Waals surface area contributed by atoms with Gasteiger partial charge in [-0.25, -0.2) is 9.97 Å². The van der Waals surface area contributed by atoms with Crippen molar-refractivity contribution < 1.29 is 9.53 Å². The minimum absolute atomic E-state index is 0.0875. The molecule has 1 atom stereocenters. The highest BCUT2D eigenvalue weighted by molar-refractivity contribution is 5.87. The summed E-state index contributed by atoms with van der Waals surface area (Å²) in [5.41, 5.74) is 0.838. The zero-order chi connectivity index (χ0) is 16.4. The highest BCUT2D eigenvalue weighted by atomic mass is 16.5. The van der Waals surface area contributed by atoms with Crippen molar-refractivity contribution in [2.24, 2.45) is 13.0 Å². The molecule has 0 bridgehead atoms. The maximum Gasteiger partial charge on any atom is 0.310 e. The summed E-state index contributed by atoms with van der Waals surface area (Å²) in [5, 5.41) is 5.25. The van der Waals surface area contributed by atoms with E-state index in [1.165, 1.54) is 0 Å². The van der Waals surface area contributed by atoms with Crippen LogP contribution in [0.4, 0.5) is 5.82 Å². The third-order valence-corrected chi connectivity index (χ3v) is 4.28. The van der Waals surface area contributed by atoms with Gasteiger partial charge in [-0.2, -0.15) is 5.10 Å². The molecule has 1 fully saturated rings. The number of aromatic nitrogens is 4. The van der Waals surface area contributed by atoms with Crippen molar-refractivity contribution in [3.05, 3.63) is 12.0 Å². The van der Waals surface area contributed by atoms with Gasteiger partial charge in [-0.15, -0.1) is 0 Å². The SMILES string of the molecule is CCOC(=O)[C@@H]1CCCN(c2nc(CC)nc3c2cnn3C)C1. The van der Waals surface area contributed by atoms with Crippen molar-refractivity contribution in [1.29, 1.82) is 0 Å². The van der Waals surface area contributed by atoms with E-state index in [1.54, 1.807) is 10.9 Å². The fourth-order valence-corrected chi connectivity index (χ4v) is 3.07. The van der Waals surface area contributed by atoms with Gasteiger partial charge in [0.1, 0.15) is 11.6 Å². The summed E-state index contributed by atoms with van der Waals surface area (Å²) in [7, 11) is 1.89. The molecule has 0 unspecified atom stereocenters. The maximum atomic E-state index is 12.1. The number of esters is 1. The molecular weight excluding hydrogens is 294 g/mol. The number of carbonyl (C=O) groups excluding carboxylic acids is 1. The van der Waals surface area contributed by atoms with Crippen LogP contribution < -0.4 is 4.90 Å². The fourth-order valence-electron chi connectivity index (χ4n) is 3.07. The number of fused-ring (bicyclic) bond motifs is 1. The van der Waals surface area contributed by atoms with Gasteiger partial charge in [-0.1, -0.05) is 6.92 Å². The molecule has 0 spiro atoms. The number of rotatable bonds is 4. The van der Waals surface area contributed by atoms with Gasteiger partial charge in [0.15, 0.2) is 5.65 Å². The molecule has 1 aliphatic rings. The second-order valence-electron chi connectivity index (χ2n) is 5.86. The predicted molar refractivity (Wildman–Crippen MR) is 87.3 cm³/mol. The molecule has 7 nitrogen and oxygen atoms in total. The number of hydrogen-bond donors (Lipinski definition) is 0. The second-order valence-corrected chi connectivity index (χ2v) is 5.86. The third kappa shape index (κ3) is 3.00. The number of hydrogen-bond acceptors (Lipinski definition) is 6. The van der Waals surface area contributed by atoms with Crippen LogP contribution in [0.15, 0.2) is 6.20 Å². The monoisotopic (exact) mass is 317 g/mol. The molecule has 1 aliphatic heterocycles. The van der Waals surface area contributed by atoms with Crippen molar-refractivity contribution in [3.63, 3.8) is 0 Å². The Morgan fingerprint density at radius 2 is 2.22 bits per heavy atom. The molecule has 7 heteroatoms. The zero-order valence-corrected chi connectivity index (χ0v) is 13.9. The largest absolute Gasteiger partial charge is 0.466 e. The lowest BCUT2D eigenvalue weighted by atomic mass is 9.98. The van der Waals surface area contributed by atoms with Gasteiger partial charge in [-0.05, 0) is 19.8 Å². The van der Waals surface area contributed by atoms with E-state index in [2.05, 4.69) is 15.0 Å². The minimum Gasteiger partial charge on any atom is -0.466 e. The van der Waals surface area contributed by atoms with Crippen molar-refractivity contribution in [2.75, 3.05) is 24.6 Å². The first-order valence-electron chi connectivity index (χ1n) is 8.24. The molecule has 124 valence electrons. The number of aryl methyl sites for hydroxylation is 2. The van der Waals surface area contributed by atoms with Crippen LogP contribution in [0.5, 0.6) is 0 Å². The molecule has 3 heterocycles. The highest BCUT2D eigenvalue weighted by Gasteiger charge is 2.29. The molecule has 0 saturated carbocycles. The first kappa shape index (κ1) is 15.7. The van der Waals surface area contributed by atoms with Gasteiger partial charge in [0.05, 0.1) is 24.1 Å². The Labute approximate surface area is 135 Å². The summed E-state index contributed by atoms with van der Waals surface area (Å²) < 4.78 is 6.96. The van der Waals surface area contributed by atoms with E-state index in [0.29, 0.717) is 13.2 Å². The lowest BCUT2D eigenvalue weighted by Crippen LogP contribution is -2.40. The standard InChI is InChI=1S/C16H23N5O2/c1-4-13-18-14-12(9-17-20(14)3)15(19-13)21-8-6-7-11(10-21)16(22)23-5-2/h9,11H,4-8,10H2,1-3H3/t11-/m1/s1. The minimum atomic E-state index is -0.107. The molecule has 0 amide bonds. The molecule has 0 radical (unpaired) electrons. The van der Waals surface area contributed by atoms with Crippen LogP contribution in [0.1, 0.15) is 32.5 Å². The quantitative estimate of drug-likeness (QED) is 0.799. The lowest BCUT2D eigenvalue weighted by Gasteiger charge is -2.32. The summed E-state index contributed by atoms with van der Waals surface area (Å²) in [6.07, 6.45) is 4.40. The first-order valence-corrected chi connectivity index (χ1v) is 8.24. The van der Waals surface area contributed by atoms with E-state index < -0.39 is 0 Å². The molecule has 0 aromatic carbocycles. The number of nitrogens with zero attached hydrogens (tertiary/aromatic N) is 5. The zero-order valence-electron chi connectivity index (χ0n) is 13.9. The highest BCUT2D eigenvalue weighted by Crippen LogP contribution is 2.28. The lowest BCUT2D eigenvalue weighted by molar-refractivity contribution is -0.148. The van der Waals surface area contributed by atoms with Crippen molar-refractivity contribution >= 4 is 22.8 Å². The molecule has 3 rings (SSSR count). The van der Waals surface area contributed by atoms with Crippen LogP contribution in [0, 0.1) is 5.92 Å². The van der Waals surface area contributed by atoms with Crippen LogP contribution in [0.2, 0.25) is 0 Å². The van der Waals surface area contributed by atoms with Crippen LogP contribution in [-0.2, 0) is 23.0 Å². The molecule has 0 N–H and O–H groups in total. The van der Waals surface area contributed by atoms with Gasteiger partial charge in [0.2, 0.25) is 0 Å². The molecular formula is C16H23N5O2. The third-order valence-electron chi connectivity index (χ3n) is 4.28. The summed E-state index contributed by atoms with van der Waals surface area (Å²) in [5.74, 6) is 1.49. The Morgan fingerprint density at radius 1 is 1.39 bits per heavy atom. The van der Waals surface area contributed by atoms with Crippen molar-refractivity contribution in [1.82, 2.24) is 19.7 Å². The maximum absolute atomic E-state index is 12.1. The van der Waals surface area contributed by atoms with E-state index in [0.717, 1.165) is 48.5 Å². The van der Waals surface area contributed by atoms with Gasteiger partial charge in [0.25, 0.3) is 0 Å². The molecule has 2 aromatic rings. The Morgan fingerprint density at radius 3 is 2.96 bits per heavy atom. The van der Waals surface area contributed by atoms with Gasteiger partial charge < -0.3 is 9.64 Å². The Balaban J connectivity index is 1.94. The van der Waals surface area contributed by atoms with E-state index >= 15 is 0 Å². The number of piperidine rings is 1. The summed E-state index contributed by atoms with van der Waals surface area (Å²) in [6.45, 7) is 5.84. The van der Waals surface area contributed by atoms with E-state index in [1.807, 2.05) is 20.9 Å². The Hall–Kier alpha value is -2.18. The van der Waals surface area contributed by atoms with E-state index in [4.69, 9.17) is 9.72 Å². The Bertz CT molecular complexity index is 712. The molecule has 23 heavy (non-hydrogen) atoms. The average Bonchev–Trinajstić information content (AvgIpc) is 2.95. The molecule has 1 saturated heterocycles. The number of ether oxygens (including phenoxy) is 1. The van der Waals surface area contributed by atoms with Crippen LogP contribution in [-0.4, -0.2) is 45.4 Å². The Kier molecular flexibility index (Phi) is 4.45. The molecule has 0 aliphatic carbocycles. The topological polar surface area (TPSA) is 73.1 Å². The van der Waals surface area contributed by atoms with Gasteiger partial charge in [0, 0.05) is 26.6 Å². The predicted octanol–water partition coefficient (Wildman–Crippen LogP) is 1.71. The smallest absolute Gasteiger partial charge is 0.310 e. The van der Waals surface area contributed by atoms with Crippen molar-refractivity contribution in [3.8, 4) is 0 Å². The van der Waals surface area contributed by atoms with Crippen LogP contribution in [0.25, 0.3) is 11.0 Å². The normalized spacial score (nSPS) is 18.4. The first-order chi connectivity index (χ1) is 11.1. The fraction of sp³-hybridized carbons (Fsp3) is 0.625. The van der Waals surface area contributed by atoms with Crippen LogP contribution >= 0.6 is 0 Å². The van der Waals surface area contributed by atoms with E-state index in [9.17, 15) is 4.79 Å². The van der Waals surface area contributed by atoms with E-state index in [-0.39, 0.29) is 11.9 Å². The summed E-state index contributed by atoms with van der Waals surface area (Å²) in [4.78, 5) is 23.5. The number of anilines is 1. The molecule has 2 aromatic heterocycles. The van der Waals surface area contributed by atoms with Crippen molar-refractivity contribution in [2.45, 2.75) is 33.1 Å². The van der Waals surface area contributed by atoms with Crippen LogP contribution in [0.3, 0.4) is 0 Å². The van der Waals surface area contributed by atoms with Gasteiger partial charge >= 0.3 is 5.97 Å². The second kappa shape index (κ2) is 6.52. The number of carbonyl (C=O) groups is 1. The summed E-state index contributed by atoms with van der Waals surface area (Å²) >= 11 is 0. The summed E-state index contributed by atoms with van der Waals surface area (Å²) in [6, 6.07) is 0.